The maximum atomic E-state index is 12.0. The van der Waals surface area contributed by atoms with Crippen molar-refractivity contribution in [2.45, 2.75) is 6.54 Å². The monoisotopic (exact) mass is 269 g/mol. The molecule has 0 bridgehead atoms. The van der Waals surface area contributed by atoms with Crippen LogP contribution in [-0.2, 0) is 6.54 Å². The summed E-state index contributed by atoms with van der Waals surface area (Å²) in [5.74, 6) is -0.160. The molecule has 0 aliphatic carbocycles. The van der Waals surface area contributed by atoms with Crippen LogP contribution in [0.3, 0.4) is 0 Å². The molecule has 3 aromatic rings. The van der Waals surface area contributed by atoms with E-state index in [2.05, 4.69) is 15.3 Å². The van der Waals surface area contributed by atoms with Gasteiger partial charge in [-0.2, -0.15) is 0 Å². The summed E-state index contributed by atoms with van der Waals surface area (Å²) in [6.07, 6.45) is 5.14. The summed E-state index contributed by atoms with van der Waals surface area (Å²) in [5, 5.41) is 5.90. The van der Waals surface area contributed by atoms with Crippen molar-refractivity contribution in [3.05, 3.63) is 59.5 Å². The summed E-state index contributed by atoms with van der Waals surface area (Å²) in [5.41, 5.74) is 1.46. The highest BCUT2D eigenvalue weighted by atomic mass is 32.1. The van der Waals surface area contributed by atoms with Gasteiger partial charge in [0.05, 0.1) is 0 Å². The van der Waals surface area contributed by atoms with E-state index in [9.17, 15) is 4.79 Å². The van der Waals surface area contributed by atoms with Gasteiger partial charge < -0.3 is 5.32 Å². The van der Waals surface area contributed by atoms with Crippen LogP contribution in [0.25, 0.3) is 10.1 Å². The Balaban J connectivity index is 1.73. The molecule has 0 spiro atoms. The number of carbonyl (C=O) groups excluding carboxylic acids is 1. The van der Waals surface area contributed by atoms with Gasteiger partial charge in [0.2, 0.25) is 0 Å². The second-order valence-corrected chi connectivity index (χ2v) is 5.01. The first-order valence-electron chi connectivity index (χ1n) is 5.83. The Labute approximate surface area is 114 Å². The summed E-state index contributed by atoms with van der Waals surface area (Å²) in [4.78, 5) is 20.1. The average Bonchev–Trinajstić information content (AvgIpc) is 2.93. The van der Waals surface area contributed by atoms with Crippen molar-refractivity contribution in [1.82, 2.24) is 15.3 Å². The molecular formula is C14H11N3OS. The second-order valence-electron chi connectivity index (χ2n) is 4.07. The second kappa shape index (κ2) is 5.16. The predicted octanol–water partition coefficient (Wildman–Crippen LogP) is 2.62. The Morgan fingerprint density at radius 1 is 1.26 bits per heavy atom. The highest BCUT2D eigenvalue weighted by Crippen LogP contribution is 2.20. The quantitative estimate of drug-likeness (QED) is 0.795. The van der Waals surface area contributed by atoms with Crippen molar-refractivity contribution in [1.29, 1.82) is 0 Å². The van der Waals surface area contributed by atoms with Crippen LogP contribution < -0.4 is 5.32 Å². The lowest BCUT2D eigenvalue weighted by Gasteiger charge is -2.04. The van der Waals surface area contributed by atoms with Crippen molar-refractivity contribution in [3.63, 3.8) is 0 Å². The minimum absolute atomic E-state index is 0.160. The van der Waals surface area contributed by atoms with Gasteiger partial charge in [-0.3, -0.25) is 14.8 Å². The smallest absolute Gasteiger partial charge is 0.270 e. The lowest BCUT2D eigenvalue weighted by molar-refractivity contribution is 0.0946. The molecule has 0 atom stereocenters. The van der Waals surface area contributed by atoms with Gasteiger partial charge in [-0.05, 0) is 35.2 Å². The molecule has 0 aliphatic rings. The molecule has 0 unspecified atom stereocenters. The highest BCUT2D eigenvalue weighted by Gasteiger charge is 2.08. The molecule has 5 heteroatoms. The van der Waals surface area contributed by atoms with Gasteiger partial charge in [0.25, 0.3) is 5.91 Å². The first kappa shape index (κ1) is 11.8. The Hall–Kier alpha value is -2.27. The number of hydrogen-bond acceptors (Lipinski definition) is 4. The number of nitrogens with one attached hydrogen (secondary N) is 1. The molecule has 0 saturated heterocycles. The molecule has 0 aliphatic heterocycles. The van der Waals surface area contributed by atoms with E-state index in [1.54, 1.807) is 29.9 Å². The van der Waals surface area contributed by atoms with Crippen LogP contribution in [0.15, 0.2) is 48.2 Å². The standard InChI is InChI=1S/C14H11N3OS/c18-14(17-8-10-1-4-15-5-2-10)12-7-13-11(9-16-12)3-6-19-13/h1-7,9H,8H2,(H,17,18). The number of carbonyl (C=O) groups is 1. The molecule has 4 nitrogen and oxygen atoms in total. The van der Waals surface area contributed by atoms with Crippen molar-refractivity contribution < 1.29 is 4.79 Å². The fraction of sp³-hybridized carbons (Fsp3) is 0.0714. The number of pyridine rings is 2. The first-order chi connectivity index (χ1) is 9.33. The zero-order valence-electron chi connectivity index (χ0n) is 10.0. The van der Waals surface area contributed by atoms with Crippen molar-refractivity contribution in [2.24, 2.45) is 0 Å². The molecule has 3 heterocycles. The topological polar surface area (TPSA) is 54.9 Å². The van der Waals surface area contributed by atoms with E-state index in [1.807, 2.05) is 29.6 Å². The maximum Gasteiger partial charge on any atom is 0.270 e. The molecule has 1 N–H and O–H groups in total. The summed E-state index contributed by atoms with van der Waals surface area (Å²) < 4.78 is 1.07. The molecule has 3 aromatic heterocycles. The zero-order valence-corrected chi connectivity index (χ0v) is 10.9. The Kier molecular flexibility index (Phi) is 3.20. The third-order valence-corrected chi connectivity index (χ3v) is 3.65. The number of fused-ring (bicyclic) bond motifs is 1. The number of rotatable bonds is 3. The predicted molar refractivity (Wildman–Crippen MR) is 75.0 cm³/mol. The van der Waals surface area contributed by atoms with Crippen molar-refractivity contribution in [2.75, 3.05) is 0 Å². The Bertz CT molecular complexity index is 709. The molecule has 19 heavy (non-hydrogen) atoms. The van der Waals surface area contributed by atoms with E-state index >= 15 is 0 Å². The van der Waals surface area contributed by atoms with E-state index in [-0.39, 0.29) is 5.91 Å². The van der Waals surface area contributed by atoms with E-state index in [1.165, 1.54) is 0 Å². The number of amides is 1. The molecule has 94 valence electrons. The van der Waals surface area contributed by atoms with Crippen LogP contribution in [0.4, 0.5) is 0 Å². The maximum absolute atomic E-state index is 12.0. The summed E-state index contributed by atoms with van der Waals surface area (Å²) >= 11 is 1.61. The molecule has 0 aromatic carbocycles. The number of nitrogens with zero attached hydrogens (tertiary/aromatic N) is 2. The van der Waals surface area contributed by atoms with Crippen LogP contribution in [-0.4, -0.2) is 15.9 Å². The Morgan fingerprint density at radius 2 is 2.11 bits per heavy atom. The molecule has 1 amide bonds. The van der Waals surface area contributed by atoms with E-state index < -0.39 is 0 Å². The lowest BCUT2D eigenvalue weighted by Crippen LogP contribution is -2.23. The van der Waals surface area contributed by atoms with Gasteiger partial charge in [-0.15, -0.1) is 11.3 Å². The van der Waals surface area contributed by atoms with E-state index in [0.29, 0.717) is 12.2 Å². The number of aromatic nitrogens is 2. The van der Waals surface area contributed by atoms with Gasteiger partial charge in [-0.1, -0.05) is 0 Å². The molecule has 0 fully saturated rings. The summed E-state index contributed by atoms with van der Waals surface area (Å²) in [7, 11) is 0. The fourth-order valence-electron chi connectivity index (χ4n) is 1.75. The molecular weight excluding hydrogens is 258 g/mol. The minimum Gasteiger partial charge on any atom is -0.347 e. The summed E-state index contributed by atoms with van der Waals surface area (Å²) in [6, 6.07) is 7.56. The van der Waals surface area contributed by atoms with E-state index in [0.717, 1.165) is 15.6 Å². The van der Waals surface area contributed by atoms with Crippen LogP contribution >= 0.6 is 11.3 Å². The first-order valence-corrected chi connectivity index (χ1v) is 6.71. The average molecular weight is 269 g/mol. The molecule has 0 radical (unpaired) electrons. The van der Waals surface area contributed by atoms with Crippen LogP contribution in [0.2, 0.25) is 0 Å². The third kappa shape index (κ3) is 2.61. The third-order valence-electron chi connectivity index (χ3n) is 2.77. The molecule has 0 saturated carbocycles. The van der Waals surface area contributed by atoms with Gasteiger partial charge in [0.1, 0.15) is 5.69 Å². The number of hydrogen-bond donors (Lipinski definition) is 1. The fourth-order valence-corrected chi connectivity index (χ4v) is 2.55. The van der Waals surface area contributed by atoms with Crippen LogP contribution in [0.5, 0.6) is 0 Å². The summed E-state index contributed by atoms with van der Waals surface area (Å²) in [6.45, 7) is 0.478. The van der Waals surface area contributed by atoms with Crippen molar-refractivity contribution >= 4 is 27.3 Å². The highest BCUT2D eigenvalue weighted by molar-refractivity contribution is 7.17. The molecule has 3 rings (SSSR count). The zero-order chi connectivity index (χ0) is 13.1. The van der Waals surface area contributed by atoms with Gasteiger partial charge in [-0.25, -0.2) is 0 Å². The van der Waals surface area contributed by atoms with Crippen molar-refractivity contribution in [3.8, 4) is 0 Å². The van der Waals surface area contributed by atoms with Gasteiger partial charge >= 0.3 is 0 Å². The largest absolute Gasteiger partial charge is 0.347 e. The SMILES string of the molecule is O=C(NCc1ccncc1)c1cc2sccc2cn1. The van der Waals surface area contributed by atoms with Crippen LogP contribution in [0.1, 0.15) is 16.1 Å². The van der Waals surface area contributed by atoms with Gasteiger partial charge in [0, 0.05) is 35.2 Å². The normalized spacial score (nSPS) is 10.5. The Morgan fingerprint density at radius 3 is 2.95 bits per heavy atom. The van der Waals surface area contributed by atoms with E-state index in [4.69, 9.17) is 0 Å². The minimum atomic E-state index is -0.160. The number of thiophene rings is 1. The van der Waals surface area contributed by atoms with Gasteiger partial charge in [0.15, 0.2) is 0 Å². The lowest BCUT2D eigenvalue weighted by atomic mass is 10.2. The van der Waals surface area contributed by atoms with Crippen LogP contribution in [0, 0.1) is 0 Å².